The Morgan fingerprint density at radius 1 is 1.38 bits per heavy atom. The predicted molar refractivity (Wildman–Crippen MR) is 50.1 cm³/mol. The number of fused-ring (bicyclic) bond motifs is 1. The van der Waals surface area contributed by atoms with Gasteiger partial charge in [0.25, 0.3) is 0 Å². The van der Waals surface area contributed by atoms with Gasteiger partial charge in [0.1, 0.15) is 5.82 Å². The third-order valence-electron chi connectivity index (χ3n) is 2.20. The van der Waals surface area contributed by atoms with E-state index in [-0.39, 0.29) is 6.61 Å². The fourth-order valence-corrected chi connectivity index (χ4v) is 1.97. The molecule has 2 heterocycles. The van der Waals surface area contributed by atoms with Crippen molar-refractivity contribution in [2.24, 2.45) is 0 Å². The van der Waals surface area contributed by atoms with Crippen molar-refractivity contribution in [1.82, 2.24) is 19.7 Å². The van der Waals surface area contributed by atoms with Crippen LogP contribution in [0.15, 0.2) is 4.73 Å². The molecule has 0 aromatic carbocycles. The number of rotatable bonds is 2. The third kappa shape index (κ3) is 1.74. The highest BCUT2D eigenvalue weighted by atomic mass is 79.9. The molecule has 0 aliphatic carbocycles. The number of nitrogens with zero attached hydrogens (tertiary/aromatic N) is 4. The summed E-state index contributed by atoms with van der Waals surface area (Å²) in [6.07, 6.45) is 0. The zero-order chi connectivity index (χ0) is 9.26. The molecular weight excluding hydrogens is 236 g/mol. The molecule has 0 spiro atoms. The van der Waals surface area contributed by atoms with Gasteiger partial charge in [0.15, 0.2) is 4.73 Å². The first kappa shape index (κ1) is 9.11. The largest absolute Gasteiger partial charge is 0.395 e. The molecule has 0 amide bonds. The lowest BCUT2D eigenvalue weighted by molar-refractivity contribution is 0.164. The van der Waals surface area contributed by atoms with Crippen molar-refractivity contribution < 1.29 is 5.11 Å². The van der Waals surface area contributed by atoms with E-state index in [0.29, 0.717) is 6.54 Å². The second-order valence-corrected chi connectivity index (χ2v) is 3.75. The normalized spacial score (nSPS) is 17.4. The van der Waals surface area contributed by atoms with E-state index in [9.17, 15) is 0 Å². The summed E-state index contributed by atoms with van der Waals surface area (Å²) in [4.78, 5) is 2.16. The third-order valence-corrected chi connectivity index (χ3v) is 2.79. The molecule has 1 N–H and O–H groups in total. The smallest absolute Gasteiger partial charge is 0.200 e. The molecular formula is C7H11BrN4O. The second kappa shape index (κ2) is 3.73. The van der Waals surface area contributed by atoms with Crippen LogP contribution in [0.4, 0.5) is 0 Å². The van der Waals surface area contributed by atoms with E-state index in [1.54, 1.807) is 0 Å². The Labute approximate surface area is 84.5 Å². The van der Waals surface area contributed by atoms with Crippen molar-refractivity contribution in [3.05, 3.63) is 10.6 Å². The Bertz CT molecular complexity index is 301. The van der Waals surface area contributed by atoms with Crippen molar-refractivity contribution in [3.63, 3.8) is 0 Å². The topological polar surface area (TPSA) is 54.2 Å². The van der Waals surface area contributed by atoms with Crippen LogP contribution in [0.3, 0.4) is 0 Å². The van der Waals surface area contributed by atoms with E-state index in [1.807, 2.05) is 4.57 Å². The first-order valence-corrected chi connectivity index (χ1v) is 5.01. The molecule has 0 radical (unpaired) electrons. The van der Waals surface area contributed by atoms with Crippen molar-refractivity contribution in [2.45, 2.75) is 13.1 Å². The first-order valence-electron chi connectivity index (χ1n) is 4.22. The highest BCUT2D eigenvalue weighted by molar-refractivity contribution is 9.10. The summed E-state index contributed by atoms with van der Waals surface area (Å²) in [5.74, 6) is 0.964. The SMILES string of the molecule is OCCN1CCn2c(Br)nnc2C1. The Balaban J connectivity index is 2.11. The minimum absolute atomic E-state index is 0.204. The number of halogens is 1. The van der Waals surface area contributed by atoms with Gasteiger partial charge in [-0.25, -0.2) is 0 Å². The molecule has 1 aliphatic rings. The highest BCUT2D eigenvalue weighted by Gasteiger charge is 2.19. The average Bonchev–Trinajstić information content (AvgIpc) is 2.48. The van der Waals surface area contributed by atoms with Crippen LogP contribution in [0, 0.1) is 0 Å². The van der Waals surface area contributed by atoms with Crippen LogP contribution in [0.25, 0.3) is 0 Å². The monoisotopic (exact) mass is 246 g/mol. The number of aliphatic hydroxyl groups is 1. The van der Waals surface area contributed by atoms with Crippen LogP contribution >= 0.6 is 15.9 Å². The highest BCUT2D eigenvalue weighted by Crippen LogP contribution is 2.15. The number of aromatic nitrogens is 3. The van der Waals surface area contributed by atoms with E-state index in [1.165, 1.54) is 0 Å². The van der Waals surface area contributed by atoms with Crippen LogP contribution in [0.5, 0.6) is 0 Å². The van der Waals surface area contributed by atoms with Gasteiger partial charge < -0.3 is 9.67 Å². The van der Waals surface area contributed by atoms with Crippen LogP contribution in [-0.4, -0.2) is 44.5 Å². The zero-order valence-electron chi connectivity index (χ0n) is 7.15. The van der Waals surface area contributed by atoms with Gasteiger partial charge in [0.2, 0.25) is 0 Å². The molecule has 2 rings (SSSR count). The van der Waals surface area contributed by atoms with Crippen LogP contribution in [-0.2, 0) is 13.1 Å². The Morgan fingerprint density at radius 3 is 3.00 bits per heavy atom. The maximum atomic E-state index is 8.78. The van der Waals surface area contributed by atoms with Crippen molar-refractivity contribution in [1.29, 1.82) is 0 Å². The van der Waals surface area contributed by atoms with E-state index in [0.717, 1.165) is 30.2 Å². The van der Waals surface area contributed by atoms with E-state index < -0.39 is 0 Å². The minimum atomic E-state index is 0.204. The molecule has 13 heavy (non-hydrogen) atoms. The molecule has 6 heteroatoms. The lowest BCUT2D eigenvalue weighted by atomic mass is 10.3. The number of hydrogen-bond donors (Lipinski definition) is 1. The number of β-amino-alcohol motifs (C(OH)–C–C–N with tert-alkyl or cyclic N) is 1. The van der Waals surface area contributed by atoms with Gasteiger partial charge in [-0.2, -0.15) is 0 Å². The summed E-state index contributed by atoms with van der Waals surface area (Å²) in [5, 5.41) is 16.7. The number of aliphatic hydroxyl groups excluding tert-OH is 1. The minimum Gasteiger partial charge on any atom is -0.395 e. The van der Waals surface area contributed by atoms with E-state index in [4.69, 9.17) is 5.11 Å². The lowest BCUT2D eigenvalue weighted by Crippen LogP contribution is -2.35. The quantitative estimate of drug-likeness (QED) is 0.789. The van der Waals surface area contributed by atoms with Crippen LogP contribution in [0.2, 0.25) is 0 Å². The van der Waals surface area contributed by atoms with Gasteiger partial charge in [-0.3, -0.25) is 4.90 Å². The molecule has 72 valence electrons. The standard InChI is InChI=1S/C7H11BrN4O/c8-7-10-9-6-5-11(3-4-13)1-2-12(6)7/h13H,1-5H2. The molecule has 0 atom stereocenters. The molecule has 0 bridgehead atoms. The Morgan fingerprint density at radius 2 is 2.23 bits per heavy atom. The lowest BCUT2D eigenvalue weighted by Gasteiger charge is -2.26. The van der Waals surface area contributed by atoms with Gasteiger partial charge in [-0.05, 0) is 15.9 Å². The fraction of sp³-hybridized carbons (Fsp3) is 0.714. The molecule has 0 saturated carbocycles. The molecule has 0 unspecified atom stereocenters. The maximum absolute atomic E-state index is 8.78. The van der Waals surface area contributed by atoms with Gasteiger partial charge in [-0.1, -0.05) is 0 Å². The summed E-state index contributed by atoms with van der Waals surface area (Å²) in [5.41, 5.74) is 0. The fourth-order valence-electron chi connectivity index (χ4n) is 1.50. The molecule has 0 saturated heterocycles. The average molecular weight is 247 g/mol. The Hall–Kier alpha value is -0.460. The number of hydrogen-bond acceptors (Lipinski definition) is 4. The van der Waals surface area contributed by atoms with Crippen molar-refractivity contribution in [2.75, 3.05) is 19.7 Å². The Kier molecular flexibility index (Phi) is 2.61. The maximum Gasteiger partial charge on any atom is 0.200 e. The molecule has 5 nitrogen and oxygen atoms in total. The summed E-state index contributed by atoms with van der Waals surface area (Å²) < 4.78 is 2.85. The summed E-state index contributed by atoms with van der Waals surface area (Å²) in [6, 6.07) is 0. The first-order chi connectivity index (χ1) is 6.31. The molecule has 1 aromatic heterocycles. The predicted octanol–water partition coefficient (Wildman–Crippen LogP) is -0.152. The summed E-state index contributed by atoms with van der Waals surface area (Å²) in [6.45, 7) is 3.53. The van der Waals surface area contributed by atoms with Gasteiger partial charge >= 0.3 is 0 Å². The summed E-state index contributed by atoms with van der Waals surface area (Å²) >= 11 is 3.33. The van der Waals surface area contributed by atoms with Crippen molar-refractivity contribution >= 4 is 15.9 Å². The van der Waals surface area contributed by atoms with Gasteiger partial charge in [0, 0.05) is 19.6 Å². The van der Waals surface area contributed by atoms with Crippen molar-refractivity contribution in [3.8, 4) is 0 Å². The second-order valence-electron chi connectivity index (χ2n) is 3.04. The van der Waals surface area contributed by atoms with Gasteiger partial charge in [-0.15, -0.1) is 10.2 Å². The van der Waals surface area contributed by atoms with E-state index >= 15 is 0 Å². The molecule has 0 fully saturated rings. The van der Waals surface area contributed by atoms with Gasteiger partial charge in [0.05, 0.1) is 13.2 Å². The zero-order valence-corrected chi connectivity index (χ0v) is 8.74. The van der Waals surface area contributed by atoms with E-state index in [2.05, 4.69) is 31.0 Å². The molecule has 1 aliphatic heterocycles. The van der Waals surface area contributed by atoms with Crippen LogP contribution < -0.4 is 0 Å². The molecule has 1 aromatic rings. The van der Waals surface area contributed by atoms with Crippen LogP contribution in [0.1, 0.15) is 5.82 Å². The summed E-state index contributed by atoms with van der Waals surface area (Å²) in [7, 11) is 0.